The molecule has 0 saturated carbocycles. The molecule has 0 saturated heterocycles. The van der Waals surface area contributed by atoms with Gasteiger partial charge in [-0.25, -0.2) is 0 Å². The molecule has 1 heterocycles. The SMILES string of the molecule is COc1ccccc1C(=O)N1CCCCNC(=O)c2cc(Cl)ccc2OCCC1. The van der Waals surface area contributed by atoms with Crippen molar-refractivity contribution in [3.8, 4) is 11.5 Å². The van der Waals surface area contributed by atoms with Crippen LogP contribution in [0.4, 0.5) is 0 Å². The van der Waals surface area contributed by atoms with E-state index in [0.717, 1.165) is 12.8 Å². The van der Waals surface area contributed by atoms with Crippen molar-refractivity contribution in [3.05, 3.63) is 58.6 Å². The average Bonchev–Trinajstić information content (AvgIpc) is 2.75. The molecule has 6 nitrogen and oxygen atoms in total. The molecule has 0 bridgehead atoms. The molecule has 29 heavy (non-hydrogen) atoms. The number of para-hydroxylation sites is 1. The molecule has 2 aromatic carbocycles. The smallest absolute Gasteiger partial charge is 0.257 e. The third-order valence-electron chi connectivity index (χ3n) is 4.78. The topological polar surface area (TPSA) is 67.9 Å². The van der Waals surface area contributed by atoms with Crippen LogP contribution < -0.4 is 14.8 Å². The molecule has 7 heteroatoms. The monoisotopic (exact) mass is 416 g/mol. The number of benzene rings is 2. The quantitative estimate of drug-likeness (QED) is 0.808. The van der Waals surface area contributed by atoms with Crippen LogP contribution in [0.2, 0.25) is 5.02 Å². The Labute approximate surface area is 175 Å². The first-order valence-electron chi connectivity index (χ1n) is 9.73. The van der Waals surface area contributed by atoms with E-state index in [1.165, 1.54) is 0 Å². The number of amides is 2. The number of methoxy groups -OCH3 is 1. The molecule has 154 valence electrons. The summed E-state index contributed by atoms with van der Waals surface area (Å²) in [6, 6.07) is 12.3. The van der Waals surface area contributed by atoms with Crippen molar-refractivity contribution in [1.82, 2.24) is 10.2 Å². The molecular weight excluding hydrogens is 392 g/mol. The van der Waals surface area contributed by atoms with Crippen LogP contribution in [0.15, 0.2) is 42.5 Å². The van der Waals surface area contributed by atoms with Crippen LogP contribution in [-0.4, -0.2) is 50.1 Å². The molecule has 2 aromatic rings. The lowest BCUT2D eigenvalue weighted by Gasteiger charge is -2.23. The van der Waals surface area contributed by atoms with Crippen LogP contribution in [0.5, 0.6) is 11.5 Å². The Bertz CT molecular complexity index is 872. The first-order chi connectivity index (χ1) is 14.1. The van der Waals surface area contributed by atoms with Gasteiger partial charge in [0.2, 0.25) is 0 Å². The largest absolute Gasteiger partial charge is 0.496 e. The maximum absolute atomic E-state index is 13.1. The average molecular weight is 417 g/mol. The molecule has 0 radical (unpaired) electrons. The highest BCUT2D eigenvalue weighted by atomic mass is 35.5. The molecule has 0 fully saturated rings. The Morgan fingerprint density at radius 1 is 1.14 bits per heavy atom. The van der Waals surface area contributed by atoms with E-state index in [2.05, 4.69) is 5.32 Å². The standard InChI is InChI=1S/C22H25ClN2O4/c1-28-19-8-3-2-7-17(19)22(27)25-12-5-4-11-24-21(26)18-15-16(23)9-10-20(18)29-14-6-13-25/h2-3,7-10,15H,4-6,11-14H2,1H3,(H,24,26). The summed E-state index contributed by atoms with van der Waals surface area (Å²) in [6.07, 6.45) is 2.19. The van der Waals surface area contributed by atoms with Crippen molar-refractivity contribution in [3.63, 3.8) is 0 Å². The minimum atomic E-state index is -0.205. The van der Waals surface area contributed by atoms with E-state index in [-0.39, 0.29) is 11.8 Å². The highest BCUT2D eigenvalue weighted by molar-refractivity contribution is 6.31. The Morgan fingerprint density at radius 2 is 1.93 bits per heavy atom. The van der Waals surface area contributed by atoms with Gasteiger partial charge in [-0.2, -0.15) is 0 Å². The van der Waals surface area contributed by atoms with Gasteiger partial charge in [-0.15, -0.1) is 0 Å². The molecule has 1 aliphatic heterocycles. The van der Waals surface area contributed by atoms with Crippen LogP contribution in [0.3, 0.4) is 0 Å². The lowest BCUT2D eigenvalue weighted by atomic mass is 10.1. The molecule has 0 unspecified atom stereocenters. The summed E-state index contributed by atoms with van der Waals surface area (Å²) < 4.78 is 11.2. The van der Waals surface area contributed by atoms with Gasteiger partial charge in [0.05, 0.1) is 24.8 Å². The fourth-order valence-electron chi connectivity index (χ4n) is 3.27. The van der Waals surface area contributed by atoms with Crippen LogP contribution in [-0.2, 0) is 0 Å². The van der Waals surface area contributed by atoms with Gasteiger partial charge in [0.15, 0.2) is 0 Å². The third-order valence-corrected chi connectivity index (χ3v) is 5.02. The van der Waals surface area contributed by atoms with Gasteiger partial charge in [0.1, 0.15) is 11.5 Å². The summed E-state index contributed by atoms with van der Waals surface area (Å²) in [5.41, 5.74) is 0.979. The second-order valence-corrected chi connectivity index (χ2v) is 7.23. The van der Waals surface area contributed by atoms with E-state index in [1.54, 1.807) is 37.4 Å². The van der Waals surface area contributed by atoms with Crippen LogP contribution in [0.25, 0.3) is 0 Å². The van der Waals surface area contributed by atoms with Crippen molar-refractivity contribution in [1.29, 1.82) is 0 Å². The molecule has 2 amide bonds. The van der Waals surface area contributed by atoms with E-state index in [0.29, 0.717) is 60.3 Å². The number of fused-ring (bicyclic) bond motifs is 1. The molecule has 0 aliphatic carbocycles. The van der Waals surface area contributed by atoms with Gasteiger partial charge >= 0.3 is 0 Å². The summed E-state index contributed by atoms with van der Waals surface area (Å²) in [4.78, 5) is 27.4. The predicted octanol–water partition coefficient (Wildman–Crippen LogP) is 3.78. The van der Waals surface area contributed by atoms with Crippen molar-refractivity contribution < 1.29 is 19.1 Å². The number of nitrogens with zero attached hydrogens (tertiary/aromatic N) is 1. The fourth-order valence-corrected chi connectivity index (χ4v) is 3.45. The summed E-state index contributed by atoms with van der Waals surface area (Å²) in [5, 5.41) is 3.38. The zero-order chi connectivity index (χ0) is 20.6. The van der Waals surface area contributed by atoms with Crippen LogP contribution in [0.1, 0.15) is 40.0 Å². The number of rotatable bonds is 2. The lowest BCUT2D eigenvalue weighted by Crippen LogP contribution is -2.34. The Balaban J connectivity index is 1.74. The summed E-state index contributed by atoms with van der Waals surface area (Å²) in [6.45, 7) is 2.06. The molecule has 1 N–H and O–H groups in total. The first kappa shape index (κ1) is 21.0. The highest BCUT2D eigenvalue weighted by Gasteiger charge is 2.20. The molecule has 3 rings (SSSR count). The van der Waals surface area contributed by atoms with Crippen molar-refractivity contribution >= 4 is 23.4 Å². The zero-order valence-corrected chi connectivity index (χ0v) is 17.2. The normalized spacial score (nSPS) is 15.7. The van der Waals surface area contributed by atoms with Gasteiger partial charge in [0, 0.05) is 24.7 Å². The molecule has 0 aromatic heterocycles. The minimum Gasteiger partial charge on any atom is -0.496 e. The number of carbonyl (C=O) groups is 2. The Hall–Kier alpha value is -2.73. The number of hydrogen-bond acceptors (Lipinski definition) is 4. The van der Waals surface area contributed by atoms with Crippen molar-refractivity contribution in [2.45, 2.75) is 19.3 Å². The third kappa shape index (κ3) is 5.41. The number of halogens is 1. The number of ether oxygens (including phenoxy) is 2. The van der Waals surface area contributed by atoms with Gasteiger partial charge in [-0.05, 0) is 49.6 Å². The Morgan fingerprint density at radius 3 is 2.76 bits per heavy atom. The number of nitrogens with one attached hydrogen (secondary N) is 1. The van der Waals surface area contributed by atoms with E-state index in [9.17, 15) is 9.59 Å². The molecule has 1 aliphatic rings. The number of carbonyl (C=O) groups excluding carboxylic acids is 2. The fraction of sp³-hybridized carbons (Fsp3) is 0.364. The van der Waals surface area contributed by atoms with Crippen LogP contribution >= 0.6 is 11.6 Å². The summed E-state index contributed by atoms with van der Waals surface area (Å²) >= 11 is 6.04. The maximum atomic E-state index is 13.1. The van der Waals surface area contributed by atoms with E-state index in [1.807, 2.05) is 17.0 Å². The van der Waals surface area contributed by atoms with E-state index in [4.69, 9.17) is 21.1 Å². The minimum absolute atomic E-state index is 0.0615. The summed E-state index contributed by atoms with van der Waals surface area (Å²) in [5.74, 6) is 0.792. The second kappa shape index (κ2) is 10.2. The zero-order valence-electron chi connectivity index (χ0n) is 16.4. The molecule has 0 spiro atoms. The lowest BCUT2D eigenvalue weighted by molar-refractivity contribution is 0.0740. The van der Waals surface area contributed by atoms with Gasteiger partial charge < -0.3 is 19.7 Å². The van der Waals surface area contributed by atoms with Crippen molar-refractivity contribution in [2.75, 3.05) is 33.4 Å². The predicted molar refractivity (Wildman–Crippen MR) is 112 cm³/mol. The number of hydrogen-bond donors (Lipinski definition) is 1. The molecular formula is C22H25ClN2O4. The van der Waals surface area contributed by atoms with Gasteiger partial charge in [-0.1, -0.05) is 23.7 Å². The summed E-state index contributed by atoms with van der Waals surface area (Å²) in [7, 11) is 1.56. The van der Waals surface area contributed by atoms with E-state index >= 15 is 0 Å². The van der Waals surface area contributed by atoms with Crippen molar-refractivity contribution in [2.24, 2.45) is 0 Å². The highest BCUT2D eigenvalue weighted by Crippen LogP contribution is 2.24. The van der Waals surface area contributed by atoms with Gasteiger partial charge in [0.25, 0.3) is 11.8 Å². The molecule has 0 atom stereocenters. The second-order valence-electron chi connectivity index (χ2n) is 6.80. The first-order valence-corrected chi connectivity index (χ1v) is 10.1. The Kier molecular flexibility index (Phi) is 7.36. The van der Waals surface area contributed by atoms with Crippen LogP contribution in [0, 0.1) is 0 Å². The van der Waals surface area contributed by atoms with Gasteiger partial charge in [-0.3, -0.25) is 9.59 Å². The van der Waals surface area contributed by atoms with E-state index < -0.39 is 0 Å². The maximum Gasteiger partial charge on any atom is 0.257 e.